The van der Waals surface area contributed by atoms with Crippen LogP contribution < -0.4 is 13.8 Å². The first-order valence-corrected chi connectivity index (χ1v) is 17.8. The molecule has 6 rings (SSSR count). The van der Waals surface area contributed by atoms with Gasteiger partial charge in [-0.2, -0.15) is 0 Å². The van der Waals surface area contributed by atoms with Gasteiger partial charge in [-0.1, -0.05) is 31.2 Å². The van der Waals surface area contributed by atoms with Crippen LogP contribution in [0.2, 0.25) is 0 Å². The maximum Gasteiger partial charge on any atom is 0.270 e. The Morgan fingerprint density at radius 1 is 0.915 bits per heavy atom. The number of likely N-dealkylation sites (N-methyl/N-ethyl adjacent to an activating group) is 1. The fourth-order valence-electron chi connectivity index (χ4n) is 7.26. The van der Waals surface area contributed by atoms with Gasteiger partial charge in [0.25, 0.3) is 15.9 Å². The number of aromatic nitrogens is 1. The van der Waals surface area contributed by atoms with E-state index in [0.717, 1.165) is 49.9 Å². The number of carbonyl (C=O) groups excluding carboxylic acids is 2. The number of anilines is 1. The molecular weight excluding hydrogens is 618 g/mol. The summed E-state index contributed by atoms with van der Waals surface area (Å²) in [6, 6.07) is 16.5. The van der Waals surface area contributed by atoms with E-state index in [0.29, 0.717) is 36.0 Å². The molecule has 250 valence electrons. The maximum atomic E-state index is 15.0. The predicted molar refractivity (Wildman–Crippen MR) is 178 cm³/mol. The van der Waals surface area contributed by atoms with Crippen LogP contribution >= 0.6 is 0 Å². The SMILES string of the molecule is CCOc1ncccc1C1(CC(=O)N2CCC(N3CCN(CC)CC3)CC2)C(=O)N(S(=O)(=O)c2ccc(OC)cc2)c2ccccc21. The summed E-state index contributed by atoms with van der Waals surface area (Å²) < 4.78 is 40.5. The summed E-state index contributed by atoms with van der Waals surface area (Å²) in [7, 11) is -2.89. The zero-order valence-electron chi connectivity index (χ0n) is 27.3. The second-order valence-corrected chi connectivity index (χ2v) is 14.0. The molecule has 0 N–H and O–H groups in total. The minimum atomic E-state index is -4.38. The van der Waals surface area contributed by atoms with Crippen molar-refractivity contribution in [1.82, 2.24) is 19.7 Å². The smallest absolute Gasteiger partial charge is 0.270 e. The summed E-state index contributed by atoms with van der Waals surface area (Å²) >= 11 is 0. The average Bonchev–Trinajstić information content (AvgIpc) is 3.36. The molecule has 0 spiro atoms. The molecule has 0 saturated carbocycles. The van der Waals surface area contributed by atoms with Crippen LogP contribution in [0.5, 0.6) is 11.6 Å². The number of fused-ring (bicyclic) bond motifs is 1. The van der Waals surface area contributed by atoms with Crippen molar-refractivity contribution in [3.8, 4) is 11.6 Å². The van der Waals surface area contributed by atoms with Crippen LogP contribution in [0.4, 0.5) is 5.69 Å². The van der Waals surface area contributed by atoms with Crippen LogP contribution in [0, 0.1) is 0 Å². The number of methoxy groups -OCH3 is 1. The molecule has 4 heterocycles. The van der Waals surface area contributed by atoms with E-state index in [-0.39, 0.29) is 35.4 Å². The molecule has 0 radical (unpaired) electrons. The van der Waals surface area contributed by atoms with E-state index in [1.54, 1.807) is 42.6 Å². The van der Waals surface area contributed by atoms with Gasteiger partial charge in [0.05, 0.1) is 24.3 Å². The number of likely N-dealkylation sites (tertiary alicyclic amines) is 1. The lowest BCUT2D eigenvalue weighted by Crippen LogP contribution is -2.54. The van der Waals surface area contributed by atoms with Gasteiger partial charge < -0.3 is 19.3 Å². The summed E-state index contributed by atoms with van der Waals surface area (Å²) in [6.07, 6.45) is 3.00. The molecule has 1 atom stereocenters. The van der Waals surface area contributed by atoms with Gasteiger partial charge in [0, 0.05) is 63.5 Å². The summed E-state index contributed by atoms with van der Waals surface area (Å²) in [5.41, 5.74) is -0.687. The van der Waals surface area contributed by atoms with E-state index in [1.807, 2.05) is 11.8 Å². The van der Waals surface area contributed by atoms with Crippen LogP contribution in [-0.4, -0.2) is 105 Å². The number of pyridine rings is 1. The van der Waals surface area contributed by atoms with E-state index < -0.39 is 21.3 Å². The summed E-state index contributed by atoms with van der Waals surface area (Å²) in [4.78, 5) is 40.5. The van der Waals surface area contributed by atoms with E-state index in [9.17, 15) is 18.0 Å². The third kappa shape index (κ3) is 5.98. The first-order chi connectivity index (χ1) is 22.7. The highest BCUT2D eigenvalue weighted by atomic mass is 32.2. The zero-order valence-corrected chi connectivity index (χ0v) is 28.1. The summed E-state index contributed by atoms with van der Waals surface area (Å²) in [5, 5.41) is 0. The predicted octanol–water partition coefficient (Wildman–Crippen LogP) is 3.53. The molecule has 2 aromatic carbocycles. The molecule has 2 amide bonds. The maximum absolute atomic E-state index is 15.0. The number of para-hydroxylation sites is 1. The highest BCUT2D eigenvalue weighted by Gasteiger charge is 2.58. The summed E-state index contributed by atoms with van der Waals surface area (Å²) in [5.74, 6) is -0.266. The third-order valence-corrected chi connectivity index (χ3v) is 11.6. The molecule has 3 aromatic rings. The lowest BCUT2D eigenvalue weighted by atomic mass is 9.72. The number of benzene rings is 2. The molecule has 2 fully saturated rings. The minimum Gasteiger partial charge on any atom is -0.497 e. The number of piperidine rings is 1. The molecule has 1 unspecified atom stereocenters. The quantitative estimate of drug-likeness (QED) is 0.322. The number of rotatable bonds is 10. The van der Waals surface area contributed by atoms with E-state index in [4.69, 9.17) is 9.47 Å². The van der Waals surface area contributed by atoms with Crippen molar-refractivity contribution in [1.29, 1.82) is 0 Å². The van der Waals surface area contributed by atoms with Crippen molar-refractivity contribution in [3.63, 3.8) is 0 Å². The van der Waals surface area contributed by atoms with Crippen LogP contribution in [-0.2, 0) is 25.0 Å². The number of carbonyl (C=O) groups is 2. The monoisotopic (exact) mass is 661 g/mol. The first kappa shape index (κ1) is 32.9. The molecule has 12 heteroatoms. The Labute approximate surface area is 277 Å². The Hall–Kier alpha value is -4.00. The lowest BCUT2D eigenvalue weighted by molar-refractivity contribution is -0.136. The second-order valence-electron chi connectivity index (χ2n) is 12.2. The molecule has 3 aliphatic rings. The van der Waals surface area contributed by atoms with Crippen molar-refractivity contribution >= 4 is 27.5 Å². The largest absolute Gasteiger partial charge is 0.497 e. The van der Waals surface area contributed by atoms with E-state index in [1.165, 1.54) is 31.4 Å². The van der Waals surface area contributed by atoms with Crippen LogP contribution in [0.3, 0.4) is 0 Å². The molecule has 0 bridgehead atoms. The number of nitrogens with zero attached hydrogens (tertiary/aromatic N) is 5. The number of hydrogen-bond donors (Lipinski definition) is 0. The lowest BCUT2D eigenvalue weighted by Gasteiger charge is -2.43. The first-order valence-electron chi connectivity index (χ1n) is 16.4. The van der Waals surface area contributed by atoms with E-state index in [2.05, 4.69) is 21.7 Å². The van der Waals surface area contributed by atoms with Crippen LogP contribution in [0.25, 0.3) is 0 Å². The normalized spacial score (nSPS) is 21.1. The van der Waals surface area contributed by atoms with Gasteiger partial charge in [0.1, 0.15) is 11.2 Å². The number of piperazine rings is 1. The van der Waals surface area contributed by atoms with Crippen molar-refractivity contribution in [2.45, 2.75) is 49.5 Å². The minimum absolute atomic E-state index is 0.0679. The Morgan fingerprint density at radius 2 is 1.60 bits per heavy atom. The molecule has 47 heavy (non-hydrogen) atoms. The van der Waals surface area contributed by atoms with Crippen LogP contribution in [0.15, 0.2) is 71.8 Å². The standard InChI is InChI=1S/C35H43N5O6S/c1-4-37-21-23-38(24-22-37)26-16-19-39(20-17-26)32(41)25-35(30-10-8-18-36-33(30)46-5-2)29-9-6-7-11-31(29)40(34(35)42)47(43,44)28-14-12-27(45-3)13-15-28/h6-15,18,26H,4-5,16-17,19-25H2,1-3H3. The molecule has 2 saturated heterocycles. The number of sulfonamides is 1. The topological polar surface area (TPSA) is 113 Å². The van der Waals surface area contributed by atoms with Gasteiger partial charge in [-0.25, -0.2) is 17.7 Å². The van der Waals surface area contributed by atoms with Gasteiger partial charge in [-0.05, 0) is 68.3 Å². The molecule has 11 nitrogen and oxygen atoms in total. The van der Waals surface area contributed by atoms with Crippen molar-refractivity contribution in [2.24, 2.45) is 0 Å². The number of hydrogen-bond acceptors (Lipinski definition) is 9. The number of amides is 2. The van der Waals surface area contributed by atoms with E-state index >= 15 is 0 Å². The highest BCUT2D eigenvalue weighted by molar-refractivity contribution is 7.93. The fraction of sp³-hybridized carbons (Fsp3) is 0.457. The van der Waals surface area contributed by atoms with Crippen molar-refractivity contribution in [3.05, 3.63) is 78.0 Å². The Kier molecular flexibility index (Phi) is 9.54. The van der Waals surface area contributed by atoms with Gasteiger partial charge in [0.2, 0.25) is 11.8 Å². The van der Waals surface area contributed by atoms with Crippen molar-refractivity contribution in [2.75, 3.05) is 63.8 Å². The highest BCUT2D eigenvalue weighted by Crippen LogP contribution is 2.52. The van der Waals surface area contributed by atoms with Gasteiger partial charge in [0.15, 0.2) is 0 Å². The fourth-order valence-corrected chi connectivity index (χ4v) is 8.74. The second kappa shape index (κ2) is 13.6. The van der Waals surface area contributed by atoms with Crippen LogP contribution in [0.1, 0.15) is 44.2 Å². The Balaban J connectivity index is 1.36. The third-order valence-electron chi connectivity index (χ3n) is 9.85. The zero-order chi connectivity index (χ0) is 33.2. The molecule has 3 aliphatic heterocycles. The van der Waals surface area contributed by atoms with Gasteiger partial charge in [-0.3, -0.25) is 14.5 Å². The Bertz CT molecular complexity index is 1700. The molecule has 0 aliphatic carbocycles. The molecular formula is C35H43N5O6S. The van der Waals surface area contributed by atoms with Gasteiger partial charge >= 0.3 is 0 Å². The van der Waals surface area contributed by atoms with Gasteiger partial charge in [-0.15, -0.1) is 0 Å². The average molecular weight is 662 g/mol. The molecule has 1 aromatic heterocycles. The van der Waals surface area contributed by atoms with Crippen molar-refractivity contribution < 1.29 is 27.5 Å². The Morgan fingerprint density at radius 3 is 2.26 bits per heavy atom. The summed E-state index contributed by atoms with van der Waals surface area (Å²) in [6.45, 7) is 10.7. The number of ether oxygens (including phenoxy) is 2.